The summed E-state index contributed by atoms with van der Waals surface area (Å²) >= 11 is 2.18. The van der Waals surface area contributed by atoms with Crippen LogP contribution in [0.5, 0.6) is 11.5 Å². The van der Waals surface area contributed by atoms with E-state index in [1.165, 1.54) is 0 Å². The Kier molecular flexibility index (Phi) is 6.46. The molecule has 0 aliphatic carbocycles. The number of anilines is 1. The van der Waals surface area contributed by atoms with E-state index in [4.69, 9.17) is 9.47 Å². The van der Waals surface area contributed by atoms with Crippen molar-refractivity contribution in [2.24, 2.45) is 0 Å². The number of para-hydroxylation sites is 1. The molecular weight excluding hydrogens is 405 g/mol. The van der Waals surface area contributed by atoms with E-state index in [0.29, 0.717) is 30.3 Å². The summed E-state index contributed by atoms with van der Waals surface area (Å²) in [5, 5.41) is 2.90. The van der Waals surface area contributed by atoms with Gasteiger partial charge < -0.3 is 14.8 Å². The lowest BCUT2D eigenvalue weighted by molar-refractivity contribution is 0.102. The van der Waals surface area contributed by atoms with Crippen LogP contribution >= 0.6 is 22.6 Å². The molecule has 0 spiro atoms. The third kappa shape index (κ3) is 4.72. The van der Waals surface area contributed by atoms with Crippen LogP contribution in [-0.4, -0.2) is 19.1 Å². The van der Waals surface area contributed by atoms with Gasteiger partial charge in [0.1, 0.15) is 6.61 Å². The van der Waals surface area contributed by atoms with E-state index >= 15 is 0 Å². The minimum absolute atomic E-state index is 0.190. The van der Waals surface area contributed by atoms with E-state index < -0.39 is 0 Å². The van der Waals surface area contributed by atoms with Gasteiger partial charge in [-0.2, -0.15) is 0 Å². The fourth-order valence-electron chi connectivity index (χ4n) is 1.94. The Morgan fingerprint density at radius 3 is 2.70 bits per heavy atom. The van der Waals surface area contributed by atoms with Gasteiger partial charge in [0.25, 0.3) is 5.91 Å². The molecule has 5 heteroatoms. The number of ether oxygens (including phenoxy) is 2. The molecule has 23 heavy (non-hydrogen) atoms. The van der Waals surface area contributed by atoms with Crippen molar-refractivity contribution >= 4 is 34.2 Å². The summed E-state index contributed by atoms with van der Waals surface area (Å²) < 4.78 is 12.1. The van der Waals surface area contributed by atoms with Crippen LogP contribution in [0.25, 0.3) is 0 Å². The second-order valence-electron chi connectivity index (χ2n) is 4.63. The molecule has 4 nitrogen and oxygen atoms in total. The topological polar surface area (TPSA) is 47.6 Å². The van der Waals surface area contributed by atoms with Gasteiger partial charge in [0, 0.05) is 9.13 Å². The van der Waals surface area contributed by atoms with E-state index in [2.05, 4.69) is 34.5 Å². The van der Waals surface area contributed by atoms with Crippen LogP contribution in [0.15, 0.2) is 55.1 Å². The first kappa shape index (κ1) is 17.3. The van der Waals surface area contributed by atoms with Crippen LogP contribution in [0.1, 0.15) is 17.3 Å². The number of carbonyl (C=O) groups excluding carboxylic acids is 1. The van der Waals surface area contributed by atoms with Crippen molar-refractivity contribution < 1.29 is 14.3 Å². The van der Waals surface area contributed by atoms with Crippen LogP contribution in [0.4, 0.5) is 5.69 Å². The minimum Gasteiger partial charge on any atom is -0.490 e. The molecular formula is C18H18INO3. The highest BCUT2D eigenvalue weighted by Gasteiger charge is 2.12. The van der Waals surface area contributed by atoms with Gasteiger partial charge in [0.2, 0.25) is 0 Å². The van der Waals surface area contributed by atoms with Crippen molar-refractivity contribution in [2.75, 3.05) is 18.5 Å². The number of amides is 1. The number of hydrogen-bond donors (Lipinski definition) is 1. The van der Waals surface area contributed by atoms with Crippen molar-refractivity contribution in [3.8, 4) is 11.5 Å². The molecule has 0 unspecified atom stereocenters. The fraction of sp³-hybridized carbons (Fsp3) is 0.167. The van der Waals surface area contributed by atoms with Gasteiger partial charge in [0.05, 0.1) is 12.3 Å². The first-order valence-corrected chi connectivity index (χ1v) is 8.30. The van der Waals surface area contributed by atoms with Crippen LogP contribution in [0, 0.1) is 3.57 Å². The summed E-state index contributed by atoms with van der Waals surface area (Å²) in [5.41, 5.74) is 1.29. The number of halogens is 1. The van der Waals surface area contributed by atoms with Gasteiger partial charge in [0.15, 0.2) is 11.5 Å². The number of carbonyl (C=O) groups is 1. The van der Waals surface area contributed by atoms with Crippen LogP contribution < -0.4 is 14.8 Å². The van der Waals surface area contributed by atoms with Crippen molar-refractivity contribution in [3.05, 3.63) is 64.3 Å². The van der Waals surface area contributed by atoms with Crippen LogP contribution in [0.3, 0.4) is 0 Å². The van der Waals surface area contributed by atoms with E-state index in [0.717, 1.165) is 9.26 Å². The maximum atomic E-state index is 12.4. The average Bonchev–Trinajstić information content (AvgIpc) is 2.56. The zero-order valence-corrected chi connectivity index (χ0v) is 15.0. The highest BCUT2D eigenvalue weighted by atomic mass is 127. The molecule has 0 saturated carbocycles. The van der Waals surface area contributed by atoms with E-state index in [-0.39, 0.29) is 5.91 Å². The molecule has 0 fully saturated rings. The van der Waals surface area contributed by atoms with Crippen LogP contribution in [0.2, 0.25) is 0 Å². The minimum atomic E-state index is -0.190. The summed E-state index contributed by atoms with van der Waals surface area (Å²) in [6, 6.07) is 12.8. The standard InChI is InChI=1S/C18H18INO3/c1-3-11-23-16-10-9-13(12-17(16)22-4-2)18(21)20-15-8-6-5-7-14(15)19/h3,5-10,12H,1,4,11H2,2H3,(H,20,21). The molecule has 0 aliphatic heterocycles. The Labute approximate surface area is 149 Å². The third-order valence-electron chi connectivity index (χ3n) is 2.98. The van der Waals surface area contributed by atoms with Crippen molar-refractivity contribution in [3.63, 3.8) is 0 Å². The summed E-state index contributed by atoms with van der Waals surface area (Å²) in [4.78, 5) is 12.4. The van der Waals surface area contributed by atoms with Gasteiger partial charge in [-0.15, -0.1) is 0 Å². The number of hydrogen-bond acceptors (Lipinski definition) is 3. The molecule has 2 aromatic carbocycles. The first-order chi connectivity index (χ1) is 11.2. The highest BCUT2D eigenvalue weighted by Crippen LogP contribution is 2.29. The largest absolute Gasteiger partial charge is 0.490 e. The second-order valence-corrected chi connectivity index (χ2v) is 5.79. The Balaban J connectivity index is 2.21. The van der Waals surface area contributed by atoms with E-state index in [1.54, 1.807) is 24.3 Å². The lowest BCUT2D eigenvalue weighted by atomic mass is 10.2. The van der Waals surface area contributed by atoms with Gasteiger partial charge >= 0.3 is 0 Å². The molecule has 0 atom stereocenters. The molecule has 0 radical (unpaired) electrons. The van der Waals surface area contributed by atoms with E-state index in [1.807, 2.05) is 31.2 Å². The third-order valence-corrected chi connectivity index (χ3v) is 3.93. The average molecular weight is 423 g/mol. The number of nitrogens with one attached hydrogen (secondary N) is 1. The molecule has 2 aromatic rings. The molecule has 1 N–H and O–H groups in total. The number of rotatable bonds is 7. The molecule has 120 valence electrons. The predicted molar refractivity (Wildman–Crippen MR) is 100 cm³/mol. The summed E-state index contributed by atoms with van der Waals surface area (Å²) in [6.45, 7) is 6.38. The lowest BCUT2D eigenvalue weighted by Gasteiger charge is -2.13. The summed E-state index contributed by atoms with van der Waals surface area (Å²) in [5.74, 6) is 0.952. The predicted octanol–water partition coefficient (Wildman–Crippen LogP) is 4.51. The van der Waals surface area contributed by atoms with Gasteiger partial charge in [-0.1, -0.05) is 24.8 Å². The SMILES string of the molecule is C=CCOc1ccc(C(=O)Nc2ccccc2I)cc1OCC. The Bertz CT molecular complexity index is 700. The summed E-state index contributed by atoms with van der Waals surface area (Å²) in [7, 11) is 0. The summed E-state index contributed by atoms with van der Waals surface area (Å²) in [6.07, 6.45) is 1.66. The fourth-order valence-corrected chi connectivity index (χ4v) is 2.46. The van der Waals surface area contributed by atoms with E-state index in [9.17, 15) is 4.79 Å². The molecule has 0 heterocycles. The first-order valence-electron chi connectivity index (χ1n) is 7.22. The monoisotopic (exact) mass is 423 g/mol. The molecule has 0 aromatic heterocycles. The second kappa shape index (κ2) is 8.57. The molecule has 0 saturated heterocycles. The van der Waals surface area contributed by atoms with Crippen molar-refractivity contribution in [1.82, 2.24) is 0 Å². The zero-order chi connectivity index (χ0) is 16.7. The molecule has 0 bridgehead atoms. The molecule has 1 amide bonds. The van der Waals surface area contributed by atoms with Crippen molar-refractivity contribution in [2.45, 2.75) is 6.92 Å². The normalized spacial score (nSPS) is 10.0. The van der Waals surface area contributed by atoms with Crippen LogP contribution in [-0.2, 0) is 0 Å². The molecule has 2 rings (SSSR count). The van der Waals surface area contributed by atoms with Gasteiger partial charge in [-0.25, -0.2) is 0 Å². The lowest BCUT2D eigenvalue weighted by Crippen LogP contribution is -2.13. The Hall–Kier alpha value is -2.02. The molecule has 0 aliphatic rings. The maximum Gasteiger partial charge on any atom is 0.255 e. The maximum absolute atomic E-state index is 12.4. The number of benzene rings is 2. The quantitative estimate of drug-likeness (QED) is 0.527. The van der Waals surface area contributed by atoms with Gasteiger partial charge in [-0.3, -0.25) is 4.79 Å². The Morgan fingerprint density at radius 1 is 1.22 bits per heavy atom. The zero-order valence-electron chi connectivity index (χ0n) is 12.8. The highest BCUT2D eigenvalue weighted by molar-refractivity contribution is 14.1. The van der Waals surface area contributed by atoms with Crippen molar-refractivity contribution in [1.29, 1.82) is 0 Å². The van der Waals surface area contributed by atoms with Gasteiger partial charge in [-0.05, 0) is 59.8 Å². The smallest absolute Gasteiger partial charge is 0.255 e. The Morgan fingerprint density at radius 2 is 2.00 bits per heavy atom.